The fourth-order valence-electron chi connectivity index (χ4n) is 1.65. The third-order valence-corrected chi connectivity index (χ3v) is 2.80. The van der Waals surface area contributed by atoms with Crippen LogP contribution >= 0.6 is 0 Å². The molecular weight excluding hydrogens is 270 g/mol. The molecule has 1 atom stereocenters. The predicted molar refractivity (Wildman–Crippen MR) is 78.1 cm³/mol. The maximum absolute atomic E-state index is 11.9. The minimum Gasteiger partial charge on any atom is -0.508 e. The molecule has 1 amide bonds. The summed E-state index contributed by atoms with van der Waals surface area (Å²) in [6.45, 7) is 1.50. The van der Waals surface area contributed by atoms with Gasteiger partial charge in [0.25, 0.3) is 5.91 Å². The number of ether oxygens (including phenoxy) is 1. The lowest BCUT2D eigenvalue weighted by Gasteiger charge is -2.13. The number of hydrogen-bond acceptors (Lipinski definition) is 4. The number of aromatic hydroxyl groups is 1. The summed E-state index contributed by atoms with van der Waals surface area (Å²) in [4.78, 5) is 23.7. The van der Waals surface area contributed by atoms with Crippen LogP contribution in [0.4, 0.5) is 5.69 Å². The van der Waals surface area contributed by atoms with Crippen molar-refractivity contribution in [2.24, 2.45) is 0 Å². The Balaban J connectivity index is 1.94. The number of para-hydroxylation sites is 1. The van der Waals surface area contributed by atoms with Crippen molar-refractivity contribution in [3.05, 3.63) is 60.2 Å². The van der Waals surface area contributed by atoms with Gasteiger partial charge < -0.3 is 15.2 Å². The average molecular weight is 285 g/mol. The highest BCUT2D eigenvalue weighted by atomic mass is 16.5. The van der Waals surface area contributed by atoms with E-state index < -0.39 is 18.0 Å². The van der Waals surface area contributed by atoms with Crippen LogP contribution in [0.15, 0.2) is 54.6 Å². The Morgan fingerprint density at radius 1 is 1.05 bits per heavy atom. The van der Waals surface area contributed by atoms with Crippen molar-refractivity contribution in [1.29, 1.82) is 0 Å². The summed E-state index contributed by atoms with van der Waals surface area (Å²) in [5.74, 6) is -0.972. The van der Waals surface area contributed by atoms with E-state index in [1.54, 1.807) is 24.3 Å². The zero-order valence-corrected chi connectivity index (χ0v) is 11.4. The number of rotatable bonds is 4. The fraction of sp³-hybridized carbons (Fsp3) is 0.125. The van der Waals surface area contributed by atoms with E-state index in [1.165, 1.54) is 31.2 Å². The van der Waals surface area contributed by atoms with Gasteiger partial charge in [0, 0.05) is 5.69 Å². The lowest BCUT2D eigenvalue weighted by molar-refractivity contribution is -0.123. The number of carbonyl (C=O) groups excluding carboxylic acids is 2. The first kappa shape index (κ1) is 14.6. The molecule has 0 aromatic heterocycles. The Bertz CT molecular complexity index is 622. The van der Waals surface area contributed by atoms with E-state index in [9.17, 15) is 9.59 Å². The first-order valence-electron chi connectivity index (χ1n) is 6.42. The van der Waals surface area contributed by atoms with E-state index in [0.29, 0.717) is 5.69 Å². The number of hydrogen-bond donors (Lipinski definition) is 2. The second kappa shape index (κ2) is 6.56. The zero-order chi connectivity index (χ0) is 15.2. The number of nitrogens with one attached hydrogen (secondary N) is 1. The van der Waals surface area contributed by atoms with Crippen molar-refractivity contribution in [1.82, 2.24) is 0 Å². The van der Waals surface area contributed by atoms with Crippen molar-refractivity contribution in [2.45, 2.75) is 13.0 Å². The van der Waals surface area contributed by atoms with E-state index in [-0.39, 0.29) is 11.3 Å². The first-order chi connectivity index (χ1) is 10.1. The molecule has 0 saturated carbocycles. The molecule has 0 unspecified atom stereocenters. The standard InChI is InChI=1S/C16H15NO4/c1-11(15(19)17-13-5-3-2-4-6-13)21-16(20)12-7-9-14(18)10-8-12/h2-11,18H,1H3,(H,17,19)/t11-/m1/s1. The van der Waals surface area contributed by atoms with Crippen LogP contribution in [-0.2, 0) is 9.53 Å². The lowest BCUT2D eigenvalue weighted by atomic mass is 10.2. The van der Waals surface area contributed by atoms with E-state index in [0.717, 1.165) is 0 Å². The number of phenols is 1. The molecule has 0 fully saturated rings. The minimum absolute atomic E-state index is 0.0569. The first-order valence-corrected chi connectivity index (χ1v) is 6.42. The van der Waals surface area contributed by atoms with Gasteiger partial charge >= 0.3 is 5.97 Å². The van der Waals surface area contributed by atoms with Gasteiger partial charge in [-0.25, -0.2) is 4.79 Å². The molecule has 0 aliphatic heterocycles. The van der Waals surface area contributed by atoms with Crippen molar-refractivity contribution in [3.8, 4) is 5.75 Å². The molecule has 21 heavy (non-hydrogen) atoms. The van der Waals surface area contributed by atoms with Gasteiger partial charge in [-0.1, -0.05) is 18.2 Å². The SMILES string of the molecule is C[C@@H](OC(=O)c1ccc(O)cc1)C(=O)Nc1ccccc1. The Hall–Kier alpha value is -2.82. The quantitative estimate of drug-likeness (QED) is 0.847. The van der Waals surface area contributed by atoms with Crippen LogP contribution in [0.25, 0.3) is 0 Å². The monoisotopic (exact) mass is 285 g/mol. The summed E-state index contributed by atoms with van der Waals surface area (Å²) >= 11 is 0. The lowest BCUT2D eigenvalue weighted by Crippen LogP contribution is -2.29. The van der Waals surface area contributed by atoms with Crippen molar-refractivity contribution in [3.63, 3.8) is 0 Å². The van der Waals surface area contributed by atoms with Crippen LogP contribution in [0.5, 0.6) is 5.75 Å². The van der Waals surface area contributed by atoms with Gasteiger partial charge in [0.1, 0.15) is 5.75 Å². The number of phenolic OH excluding ortho intramolecular Hbond substituents is 1. The number of esters is 1. The van der Waals surface area contributed by atoms with Gasteiger partial charge in [0.2, 0.25) is 0 Å². The molecule has 0 radical (unpaired) electrons. The maximum Gasteiger partial charge on any atom is 0.338 e. The highest BCUT2D eigenvalue weighted by molar-refractivity contribution is 5.97. The molecule has 5 nitrogen and oxygen atoms in total. The van der Waals surface area contributed by atoms with Gasteiger partial charge in [0.05, 0.1) is 5.56 Å². The molecule has 2 rings (SSSR count). The van der Waals surface area contributed by atoms with E-state index in [4.69, 9.17) is 9.84 Å². The zero-order valence-electron chi connectivity index (χ0n) is 11.4. The molecule has 0 heterocycles. The van der Waals surface area contributed by atoms with Crippen molar-refractivity contribution >= 4 is 17.6 Å². The Kier molecular flexibility index (Phi) is 4.56. The van der Waals surface area contributed by atoms with Crippen molar-refractivity contribution in [2.75, 3.05) is 5.32 Å². The maximum atomic E-state index is 11.9. The highest BCUT2D eigenvalue weighted by Crippen LogP contribution is 2.12. The molecule has 2 aromatic carbocycles. The summed E-state index contributed by atoms with van der Waals surface area (Å²) in [7, 11) is 0. The molecule has 0 bridgehead atoms. The summed E-state index contributed by atoms with van der Waals surface area (Å²) in [5, 5.41) is 11.8. The van der Waals surface area contributed by atoms with Gasteiger partial charge in [-0.3, -0.25) is 4.79 Å². The van der Waals surface area contributed by atoms with E-state index >= 15 is 0 Å². The Morgan fingerprint density at radius 3 is 2.29 bits per heavy atom. The second-order valence-electron chi connectivity index (χ2n) is 4.45. The van der Waals surface area contributed by atoms with Crippen LogP contribution in [0.2, 0.25) is 0 Å². The molecule has 0 spiro atoms. The minimum atomic E-state index is -0.925. The van der Waals surface area contributed by atoms with E-state index in [1.807, 2.05) is 6.07 Å². The van der Waals surface area contributed by atoms with Crippen LogP contribution in [0, 0.1) is 0 Å². The molecule has 0 saturated heterocycles. The Labute approximate surface area is 122 Å². The number of anilines is 1. The highest BCUT2D eigenvalue weighted by Gasteiger charge is 2.18. The van der Waals surface area contributed by atoms with Gasteiger partial charge in [-0.05, 0) is 43.3 Å². The summed E-state index contributed by atoms with van der Waals surface area (Å²) in [6.07, 6.45) is -0.925. The molecule has 0 aliphatic carbocycles. The molecule has 2 N–H and O–H groups in total. The predicted octanol–water partition coefficient (Wildman–Crippen LogP) is 2.58. The van der Waals surface area contributed by atoms with Gasteiger partial charge in [-0.15, -0.1) is 0 Å². The second-order valence-corrected chi connectivity index (χ2v) is 4.45. The van der Waals surface area contributed by atoms with Crippen molar-refractivity contribution < 1.29 is 19.4 Å². The number of carbonyl (C=O) groups is 2. The molecule has 0 aliphatic rings. The molecule has 5 heteroatoms. The van der Waals surface area contributed by atoms with Gasteiger partial charge in [0.15, 0.2) is 6.10 Å². The van der Waals surface area contributed by atoms with Crippen LogP contribution in [0.3, 0.4) is 0 Å². The fourth-order valence-corrected chi connectivity index (χ4v) is 1.65. The van der Waals surface area contributed by atoms with E-state index in [2.05, 4.69) is 5.32 Å². The van der Waals surface area contributed by atoms with Gasteiger partial charge in [-0.2, -0.15) is 0 Å². The molecule has 2 aromatic rings. The van der Waals surface area contributed by atoms with Crippen LogP contribution in [0.1, 0.15) is 17.3 Å². The van der Waals surface area contributed by atoms with Crippen LogP contribution in [-0.4, -0.2) is 23.1 Å². The normalized spacial score (nSPS) is 11.5. The number of amides is 1. The average Bonchev–Trinajstić information content (AvgIpc) is 2.48. The summed E-state index contributed by atoms with van der Waals surface area (Å²) < 4.78 is 5.08. The number of benzene rings is 2. The smallest absolute Gasteiger partial charge is 0.338 e. The molecular formula is C16H15NO4. The molecule has 108 valence electrons. The topological polar surface area (TPSA) is 75.6 Å². The summed E-state index contributed by atoms with van der Waals surface area (Å²) in [5.41, 5.74) is 0.905. The summed E-state index contributed by atoms with van der Waals surface area (Å²) in [6, 6.07) is 14.5. The third kappa shape index (κ3) is 4.07. The third-order valence-electron chi connectivity index (χ3n) is 2.80. The van der Waals surface area contributed by atoms with Crippen LogP contribution < -0.4 is 5.32 Å². The largest absolute Gasteiger partial charge is 0.508 e. The Morgan fingerprint density at radius 2 is 1.67 bits per heavy atom.